The fraction of sp³-hybridized carbons (Fsp3) is 0.250. The average molecular weight is 413 g/mol. The summed E-state index contributed by atoms with van der Waals surface area (Å²) in [4.78, 5) is 12.1. The number of thiophene rings is 1. The number of thiazole rings is 1. The molecule has 2 aromatic heterocycles. The number of aromatic nitrogens is 1. The van der Waals surface area contributed by atoms with Crippen LogP contribution in [0.4, 0.5) is 0 Å². The van der Waals surface area contributed by atoms with Gasteiger partial charge in [0, 0.05) is 13.7 Å². The van der Waals surface area contributed by atoms with Gasteiger partial charge in [-0.05, 0) is 29.6 Å². The number of ether oxygens (including phenoxy) is 2. The molecule has 3 aromatic rings. The third-order valence-corrected chi connectivity index (χ3v) is 7.37. The first-order valence-corrected chi connectivity index (χ1v) is 10.6. The van der Waals surface area contributed by atoms with Gasteiger partial charge in [-0.1, -0.05) is 17.4 Å². The largest absolute Gasteiger partial charge is 0.465 e. The predicted octanol–water partition coefficient (Wildman–Crippen LogP) is 2.49. The molecule has 0 aliphatic carbocycles. The van der Waals surface area contributed by atoms with Crippen molar-refractivity contribution in [2.75, 3.05) is 20.8 Å². The normalized spacial score (nSPS) is 12.6. The molecule has 10 heteroatoms. The number of esters is 1. The van der Waals surface area contributed by atoms with Crippen LogP contribution >= 0.6 is 22.7 Å². The van der Waals surface area contributed by atoms with Gasteiger partial charge >= 0.3 is 5.97 Å². The van der Waals surface area contributed by atoms with E-state index in [1.165, 1.54) is 24.5 Å². The zero-order chi connectivity index (χ0) is 18.7. The molecule has 3 rings (SSSR count). The molecular formula is C16H16N2O5S3. The highest BCUT2D eigenvalue weighted by molar-refractivity contribution is 7.92. The second-order valence-corrected chi connectivity index (χ2v) is 8.99. The van der Waals surface area contributed by atoms with Gasteiger partial charge in [0.25, 0.3) is 10.0 Å². The van der Waals surface area contributed by atoms with Crippen molar-refractivity contribution in [2.24, 2.45) is 4.40 Å². The first-order valence-electron chi connectivity index (χ1n) is 7.51. The summed E-state index contributed by atoms with van der Waals surface area (Å²) in [5.74, 6) is -0.451. The van der Waals surface area contributed by atoms with Crippen molar-refractivity contribution in [2.45, 2.75) is 10.8 Å². The van der Waals surface area contributed by atoms with E-state index in [1.54, 1.807) is 41.3 Å². The molecule has 0 radical (unpaired) electrons. The monoisotopic (exact) mass is 412 g/mol. The maximum atomic E-state index is 12.5. The van der Waals surface area contributed by atoms with E-state index in [0.717, 1.165) is 21.6 Å². The summed E-state index contributed by atoms with van der Waals surface area (Å²) in [6.45, 7) is 0.837. The van der Waals surface area contributed by atoms with Gasteiger partial charge in [-0.15, -0.1) is 15.7 Å². The summed E-state index contributed by atoms with van der Waals surface area (Å²) in [5.41, 5.74) is 1.17. The molecule has 0 amide bonds. The maximum absolute atomic E-state index is 12.5. The predicted molar refractivity (Wildman–Crippen MR) is 100 cm³/mol. The fourth-order valence-electron chi connectivity index (χ4n) is 2.34. The molecule has 0 bridgehead atoms. The van der Waals surface area contributed by atoms with Gasteiger partial charge in [0.05, 0.1) is 29.5 Å². The molecule has 138 valence electrons. The van der Waals surface area contributed by atoms with E-state index in [-0.39, 0.29) is 4.21 Å². The minimum absolute atomic E-state index is 0.184. The molecule has 0 atom stereocenters. The van der Waals surface area contributed by atoms with Gasteiger partial charge in [-0.25, -0.2) is 4.79 Å². The molecule has 1 aromatic carbocycles. The Kier molecular flexibility index (Phi) is 5.56. The summed E-state index contributed by atoms with van der Waals surface area (Å²) in [7, 11) is -0.909. The van der Waals surface area contributed by atoms with Crippen LogP contribution in [0.1, 0.15) is 10.4 Å². The Labute approximate surface area is 158 Å². The standard InChI is InChI=1S/C16H16N2O5S3/c1-22-8-7-18-12-6-5-11(15(19)23-2)10-13(12)25-16(18)17-26(20,21)14-4-3-9-24-14/h3-6,9-10H,7-8H2,1-2H3. The Morgan fingerprint density at radius 1 is 1.27 bits per heavy atom. The first kappa shape index (κ1) is 18.8. The van der Waals surface area contributed by atoms with Crippen LogP contribution in [0.25, 0.3) is 10.2 Å². The lowest BCUT2D eigenvalue weighted by atomic mass is 10.2. The van der Waals surface area contributed by atoms with Crippen LogP contribution in [0.15, 0.2) is 44.3 Å². The molecule has 2 heterocycles. The molecular weight excluding hydrogens is 396 g/mol. The molecule has 0 N–H and O–H groups in total. The van der Waals surface area contributed by atoms with E-state index in [9.17, 15) is 13.2 Å². The third kappa shape index (κ3) is 3.73. The van der Waals surface area contributed by atoms with Crippen molar-refractivity contribution in [3.8, 4) is 0 Å². The van der Waals surface area contributed by atoms with Crippen LogP contribution in [0, 0.1) is 0 Å². The minimum atomic E-state index is -3.80. The van der Waals surface area contributed by atoms with Gasteiger partial charge in [0.2, 0.25) is 4.80 Å². The molecule has 0 aliphatic rings. The number of nitrogens with zero attached hydrogens (tertiary/aromatic N) is 2. The van der Waals surface area contributed by atoms with Crippen LogP contribution in [0.2, 0.25) is 0 Å². The van der Waals surface area contributed by atoms with E-state index in [1.807, 2.05) is 0 Å². The highest BCUT2D eigenvalue weighted by Crippen LogP contribution is 2.22. The van der Waals surface area contributed by atoms with Crippen LogP contribution in [-0.2, 0) is 26.0 Å². The lowest BCUT2D eigenvalue weighted by Gasteiger charge is -2.05. The van der Waals surface area contributed by atoms with Crippen LogP contribution in [0.5, 0.6) is 0 Å². The van der Waals surface area contributed by atoms with Gasteiger partial charge in [-0.2, -0.15) is 8.42 Å². The van der Waals surface area contributed by atoms with E-state index in [4.69, 9.17) is 9.47 Å². The number of carbonyl (C=O) groups is 1. The second-order valence-electron chi connectivity index (χ2n) is 5.20. The molecule has 0 spiro atoms. The van der Waals surface area contributed by atoms with Crippen molar-refractivity contribution in [3.63, 3.8) is 0 Å². The molecule has 0 fully saturated rings. The summed E-state index contributed by atoms with van der Waals surface area (Å²) in [5, 5.41) is 1.69. The molecule has 7 nitrogen and oxygen atoms in total. The number of methoxy groups -OCH3 is 2. The van der Waals surface area contributed by atoms with Gasteiger partial charge in [0.1, 0.15) is 4.21 Å². The highest BCUT2D eigenvalue weighted by Gasteiger charge is 2.16. The Hall–Kier alpha value is -2.01. The number of sulfonamides is 1. The highest BCUT2D eigenvalue weighted by atomic mass is 32.2. The van der Waals surface area contributed by atoms with Gasteiger partial charge in [0.15, 0.2) is 0 Å². The van der Waals surface area contributed by atoms with E-state index in [0.29, 0.717) is 23.5 Å². The summed E-state index contributed by atoms with van der Waals surface area (Å²) in [6, 6.07) is 8.25. The van der Waals surface area contributed by atoms with Crippen LogP contribution < -0.4 is 4.80 Å². The van der Waals surface area contributed by atoms with Crippen molar-refractivity contribution in [3.05, 3.63) is 46.1 Å². The van der Waals surface area contributed by atoms with Crippen molar-refractivity contribution in [1.29, 1.82) is 0 Å². The second kappa shape index (κ2) is 7.70. The third-order valence-electron chi connectivity index (χ3n) is 3.57. The Morgan fingerprint density at radius 3 is 2.73 bits per heavy atom. The summed E-state index contributed by atoms with van der Waals surface area (Å²) >= 11 is 2.32. The Morgan fingerprint density at radius 2 is 2.08 bits per heavy atom. The fourth-order valence-corrected chi connectivity index (χ4v) is 5.61. The minimum Gasteiger partial charge on any atom is -0.465 e. The number of rotatable bonds is 6. The number of hydrogen-bond donors (Lipinski definition) is 0. The van der Waals surface area contributed by atoms with Gasteiger partial charge in [-0.3, -0.25) is 0 Å². The quantitative estimate of drug-likeness (QED) is 0.581. The number of hydrogen-bond acceptors (Lipinski definition) is 7. The smallest absolute Gasteiger partial charge is 0.337 e. The van der Waals surface area contributed by atoms with Crippen molar-refractivity contribution >= 4 is 48.9 Å². The zero-order valence-electron chi connectivity index (χ0n) is 14.0. The number of benzene rings is 1. The maximum Gasteiger partial charge on any atom is 0.337 e. The summed E-state index contributed by atoms with van der Waals surface area (Å²) in [6.07, 6.45) is 0. The topological polar surface area (TPSA) is 87.0 Å². The van der Waals surface area contributed by atoms with E-state index >= 15 is 0 Å². The first-order chi connectivity index (χ1) is 12.5. The van der Waals surface area contributed by atoms with E-state index in [2.05, 4.69) is 4.40 Å². The SMILES string of the molecule is COCCn1c(=NS(=O)(=O)c2cccs2)sc2cc(C(=O)OC)ccc21. The Balaban J connectivity index is 2.20. The molecule has 0 saturated heterocycles. The zero-order valence-corrected chi connectivity index (χ0v) is 16.5. The van der Waals surface area contributed by atoms with Gasteiger partial charge < -0.3 is 14.0 Å². The van der Waals surface area contributed by atoms with Crippen molar-refractivity contribution in [1.82, 2.24) is 4.57 Å². The molecule has 0 aliphatic heterocycles. The molecule has 0 unspecified atom stereocenters. The summed E-state index contributed by atoms with van der Waals surface area (Å²) < 4.78 is 41.6. The van der Waals surface area contributed by atoms with Crippen molar-refractivity contribution < 1.29 is 22.7 Å². The lowest BCUT2D eigenvalue weighted by Crippen LogP contribution is -2.19. The number of fused-ring (bicyclic) bond motifs is 1. The van der Waals surface area contributed by atoms with Crippen LogP contribution in [0.3, 0.4) is 0 Å². The average Bonchev–Trinajstić information content (AvgIpc) is 3.27. The lowest BCUT2D eigenvalue weighted by molar-refractivity contribution is 0.0601. The van der Waals surface area contributed by atoms with Crippen LogP contribution in [-0.4, -0.2) is 39.8 Å². The molecule has 0 saturated carbocycles. The van der Waals surface area contributed by atoms with E-state index < -0.39 is 16.0 Å². The molecule has 26 heavy (non-hydrogen) atoms. The number of carbonyl (C=O) groups excluding carboxylic acids is 1. The Bertz CT molecular complexity index is 1090.